The molecule has 0 amide bonds. The minimum atomic E-state index is -0.172. The van der Waals surface area contributed by atoms with Crippen LogP contribution in [0.2, 0.25) is 0 Å². The molecule has 6 heterocycles. The number of oxazole rings is 2. The number of hydrogen-bond acceptors (Lipinski definition) is 18. The lowest BCUT2D eigenvalue weighted by molar-refractivity contribution is 0.103. The number of carbonyl (C=O) groups is 3. The second-order valence-electron chi connectivity index (χ2n) is 23.4. The maximum atomic E-state index is 13.6. The van der Waals surface area contributed by atoms with Crippen LogP contribution < -0.4 is 5.73 Å². The number of ketones is 3. The Labute approximate surface area is 566 Å². The molecule has 0 fully saturated rings. The van der Waals surface area contributed by atoms with E-state index in [-0.39, 0.29) is 46.4 Å². The second-order valence-corrected chi connectivity index (χ2v) is 27.4. The smallest absolute Gasteiger partial charge is 0.250 e. The number of hydrogen-bond donors (Lipinski definition) is 6. The number of nitrogens with two attached hydrogens (primary N) is 1. The normalized spacial score (nSPS) is 11.2. The molecule has 0 atom stereocenters. The molecule has 7 N–H and O–H groups in total. The lowest BCUT2D eigenvalue weighted by Crippen LogP contribution is -2.01. The molecule has 0 bridgehead atoms. The van der Waals surface area contributed by atoms with Crippen molar-refractivity contribution in [3.05, 3.63) is 265 Å². The summed E-state index contributed by atoms with van der Waals surface area (Å²) in [5.74, 6) is 1.34. The molecule has 14 nitrogen and oxygen atoms in total. The largest absolute Gasteiger partial charge is 0.508 e. The van der Waals surface area contributed by atoms with Crippen molar-refractivity contribution in [2.45, 2.75) is 41.5 Å². The second kappa shape index (κ2) is 26.3. The van der Waals surface area contributed by atoms with Crippen molar-refractivity contribution in [3.8, 4) is 95.9 Å². The van der Waals surface area contributed by atoms with Gasteiger partial charge in [-0.25, -0.2) is 4.98 Å². The van der Waals surface area contributed by atoms with Gasteiger partial charge in [-0.2, -0.15) is 9.97 Å². The molecule has 0 radical (unpaired) electrons. The number of nitrogen functional groups attached to an aromatic ring is 1. The van der Waals surface area contributed by atoms with Gasteiger partial charge in [0.15, 0.2) is 12.1 Å². The van der Waals surface area contributed by atoms with Crippen LogP contribution >= 0.6 is 45.3 Å². The monoisotopic (exact) mass is 1340 g/mol. The van der Waals surface area contributed by atoms with E-state index >= 15 is 0 Å². The van der Waals surface area contributed by atoms with Crippen LogP contribution in [0.5, 0.6) is 29.0 Å². The molecular weight excluding hydrogens is 1280 g/mol. The fraction of sp³-hybridized carbons (Fsp3) is 0.0769. The number of benzene rings is 9. The summed E-state index contributed by atoms with van der Waals surface area (Å²) in [5.41, 5.74) is 21.5. The highest BCUT2D eigenvalue weighted by molar-refractivity contribution is 7.22. The average molecular weight is 1340 g/mol. The first-order valence-corrected chi connectivity index (χ1v) is 33.5. The summed E-state index contributed by atoms with van der Waals surface area (Å²) in [6, 6.07) is 56.2. The number of phenolic OH excluding ortho intramolecular Hbond substituents is 3. The molecule has 0 aliphatic rings. The first-order valence-electron chi connectivity index (χ1n) is 30.1. The molecule has 9 aromatic carbocycles. The molecule has 0 saturated heterocycles. The first-order chi connectivity index (χ1) is 46.2. The van der Waals surface area contributed by atoms with Crippen molar-refractivity contribution in [1.29, 1.82) is 0 Å². The number of rotatable bonds is 12. The van der Waals surface area contributed by atoms with E-state index in [2.05, 4.69) is 27.1 Å². The summed E-state index contributed by atoms with van der Waals surface area (Å²) in [7, 11) is 0. The zero-order valence-electron chi connectivity index (χ0n) is 52.4. The van der Waals surface area contributed by atoms with Gasteiger partial charge in [-0.15, -0.1) is 45.3 Å². The lowest BCUT2D eigenvalue weighted by atomic mass is 9.96. The number of thiophene rings is 3. The third kappa shape index (κ3) is 13.2. The minimum absolute atomic E-state index is 0.0130. The summed E-state index contributed by atoms with van der Waals surface area (Å²) in [6.07, 6.45) is 2.59. The minimum Gasteiger partial charge on any atom is -0.508 e. The number of anilines is 1. The van der Waals surface area contributed by atoms with E-state index in [0.717, 1.165) is 113 Å². The SMILES string of the molecule is Cc1cc(C)cc(C(=O)c2sc3cc(O)ccc3c2-c2ccc(-c3nc(N)co3)cc2)c1.Cc1cc(C)cc(C(=O)c2sc3cc(O)ccc3c2-c2ccc(-c3nc(O)co3)cc2)c1.Cc1cc(C)cc(C(=O)c2sc3cc(O)ccc3c2-c2ccc(-c3nc(O)cs3)cc2)c1. The predicted octanol–water partition coefficient (Wildman–Crippen LogP) is 19.8. The molecule has 0 aliphatic heterocycles. The summed E-state index contributed by atoms with van der Waals surface area (Å²) in [5, 5.41) is 54.0. The summed E-state index contributed by atoms with van der Waals surface area (Å²) in [6.45, 7) is 11.9. The Morgan fingerprint density at radius 2 is 0.688 bits per heavy atom. The van der Waals surface area contributed by atoms with Crippen LogP contribution in [0.4, 0.5) is 5.82 Å². The fourth-order valence-electron chi connectivity index (χ4n) is 11.9. The van der Waals surface area contributed by atoms with Crippen LogP contribution in [0.1, 0.15) is 79.1 Å². The highest BCUT2D eigenvalue weighted by atomic mass is 32.1. The number of aryl methyl sites for hydroxylation is 6. The molecule has 0 saturated carbocycles. The molecule has 18 heteroatoms. The van der Waals surface area contributed by atoms with Gasteiger partial charge in [-0.05, 0) is 173 Å². The molecule has 15 rings (SSSR count). The quantitative estimate of drug-likeness (QED) is 0.0624. The average Bonchev–Trinajstić information content (AvgIpc) is 1.61. The van der Waals surface area contributed by atoms with Gasteiger partial charge in [-0.1, -0.05) is 100 Å². The number of thiazole rings is 1. The van der Waals surface area contributed by atoms with Crippen LogP contribution in [0.3, 0.4) is 0 Å². The molecule has 0 aliphatic carbocycles. The predicted molar refractivity (Wildman–Crippen MR) is 385 cm³/mol. The fourth-order valence-corrected chi connectivity index (χ4v) is 16.2. The van der Waals surface area contributed by atoms with Crippen LogP contribution in [0, 0.1) is 41.5 Å². The maximum Gasteiger partial charge on any atom is 0.250 e. The summed E-state index contributed by atoms with van der Waals surface area (Å²) in [4.78, 5) is 54.9. The molecule has 0 unspecified atom stereocenters. The lowest BCUT2D eigenvalue weighted by Gasteiger charge is -2.08. The van der Waals surface area contributed by atoms with Gasteiger partial charge >= 0.3 is 0 Å². The van der Waals surface area contributed by atoms with Gasteiger partial charge in [-0.3, -0.25) is 14.4 Å². The topological polar surface area (TPSA) is 243 Å². The van der Waals surface area contributed by atoms with Crippen LogP contribution in [0.25, 0.3) is 97.1 Å². The first kappa shape index (κ1) is 63.5. The van der Waals surface area contributed by atoms with Crippen molar-refractivity contribution in [3.63, 3.8) is 0 Å². The van der Waals surface area contributed by atoms with Gasteiger partial charge in [0.25, 0.3) is 5.88 Å². The molecular formula is C78H58N4O10S4. The zero-order chi connectivity index (χ0) is 67.2. The highest BCUT2D eigenvalue weighted by Gasteiger charge is 2.26. The van der Waals surface area contributed by atoms with E-state index in [1.807, 2.05) is 175 Å². The Bertz CT molecular complexity index is 4920. The van der Waals surface area contributed by atoms with Gasteiger partial charge in [0.1, 0.15) is 28.5 Å². The van der Waals surface area contributed by atoms with Gasteiger partial charge in [0, 0.05) is 80.3 Å². The molecule has 15 aromatic rings. The number of nitrogens with zero attached hydrogens (tertiary/aromatic N) is 3. The van der Waals surface area contributed by atoms with Gasteiger partial charge < -0.3 is 40.1 Å². The van der Waals surface area contributed by atoms with E-state index in [1.54, 1.807) is 41.8 Å². The zero-order valence-corrected chi connectivity index (χ0v) is 55.6. The Kier molecular flexibility index (Phi) is 17.4. The van der Waals surface area contributed by atoms with E-state index < -0.39 is 0 Å². The number of fused-ring (bicyclic) bond motifs is 3. The number of phenols is 3. The Morgan fingerprint density at radius 3 is 0.990 bits per heavy atom. The van der Waals surface area contributed by atoms with Crippen molar-refractivity contribution >= 4 is 98.8 Å². The van der Waals surface area contributed by atoms with E-state index in [0.29, 0.717) is 54.5 Å². The molecule has 0 spiro atoms. The number of aromatic nitrogens is 3. The molecule has 6 aromatic heterocycles. The summed E-state index contributed by atoms with van der Waals surface area (Å²) >= 11 is 5.55. The Balaban J connectivity index is 0.000000130. The van der Waals surface area contributed by atoms with Crippen LogP contribution in [-0.2, 0) is 0 Å². The van der Waals surface area contributed by atoms with E-state index in [9.17, 15) is 39.9 Å². The van der Waals surface area contributed by atoms with E-state index in [1.165, 1.54) is 57.9 Å². The number of carbonyl (C=O) groups excluding carboxylic acids is 3. The standard InChI is InChI=1S/C26H20N2O3S.C26H19NO4S.C26H19NO3S2/c1-14-9-15(2)11-18(10-14)24(30)25-23(20-8-7-19(29)12-21(20)32-25)16-3-5-17(6-4-16)26-28-22(27)13-31-26;2*1-14-9-15(2)11-18(10-14)24(30)25-23(20-8-7-19(28)12-21(20)32-25)16-3-5-17(6-4-16)26-27-22(29)13-31-26/h3-13,29H,27H2,1-2H3;2*3-13,28-29H,1-2H3. The van der Waals surface area contributed by atoms with E-state index in [4.69, 9.17) is 14.6 Å². The third-order valence-electron chi connectivity index (χ3n) is 15.9. The van der Waals surface area contributed by atoms with Crippen molar-refractivity contribution in [2.75, 3.05) is 5.73 Å². The molecule has 474 valence electrons. The Hall–Kier alpha value is -11.3. The highest BCUT2D eigenvalue weighted by Crippen LogP contribution is 2.46. The van der Waals surface area contributed by atoms with Crippen LogP contribution in [0.15, 0.2) is 209 Å². The summed E-state index contributed by atoms with van der Waals surface area (Å²) < 4.78 is 13.2. The van der Waals surface area contributed by atoms with Crippen molar-refractivity contribution < 1.29 is 48.8 Å². The van der Waals surface area contributed by atoms with Crippen LogP contribution in [-0.4, -0.2) is 57.8 Å². The van der Waals surface area contributed by atoms with Crippen molar-refractivity contribution in [1.82, 2.24) is 15.0 Å². The van der Waals surface area contributed by atoms with Crippen molar-refractivity contribution in [2.24, 2.45) is 0 Å². The maximum absolute atomic E-state index is 13.6. The Morgan fingerprint density at radius 1 is 0.365 bits per heavy atom. The number of aromatic hydroxyl groups is 5. The molecule has 96 heavy (non-hydrogen) atoms. The van der Waals surface area contributed by atoms with Gasteiger partial charge in [0.2, 0.25) is 35.0 Å². The third-order valence-corrected chi connectivity index (χ3v) is 20.2. The van der Waals surface area contributed by atoms with Gasteiger partial charge in [0.05, 0.1) is 20.0 Å².